The number of aromatic nitrogens is 1. The summed E-state index contributed by atoms with van der Waals surface area (Å²) in [6, 6.07) is 4.66. The number of nitrogens with two attached hydrogens (primary N) is 1. The van der Waals surface area contributed by atoms with Crippen molar-refractivity contribution < 1.29 is 24.3 Å². The predicted molar refractivity (Wildman–Crippen MR) is 131 cm³/mol. The molecule has 0 saturated carbocycles. The molecule has 0 aliphatic carbocycles. The molecule has 0 fully saturated rings. The first-order valence-corrected chi connectivity index (χ1v) is 12.3. The van der Waals surface area contributed by atoms with Gasteiger partial charge in [-0.1, -0.05) is 18.2 Å². The van der Waals surface area contributed by atoms with Gasteiger partial charge < -0.3 is 31.8 Å². The van der Waals surface area contributed by atoms with E-state index in [2.05, 4.69) is 33.6 Å². The highest BCUT2D eigenvalue weighted by molar-refractivity contribution is 7.98. The van der Waals surface area contributed by atoms with Crippen molar-refractivity contribution in [3.63, 3.8) is 0 Å². The summed E-state index contributed by atoms with van der Waals surface area (Å²) in [6.07, 6.45) is 4.07. The third kappa shape index (κ3) is 7.98. The Kier molecular flexibility index (Phi) is 10.6. The number of nitrogens with one attached hydrogen (secondary N) is 4. The highest BCUT2D eigenvalue weighted by Gasteiger charge is 2.28. The molecule has 1 aromatic heterocycles. The Morgan fingerprint density at radius 2 is 1.82 bits per heavy atom. The zero-order valence-corrected chi connectivity index (χ0v) is 19.9. The average molecular weight is 496 g/mol. The molecule has 0 bridgehead atoms. The minimum atomic E-state index is -1.20. The summed E-state index contributed by atoms with van der Waals surface area (Å²) < 4.78 is 0. The van der Waals surface area contributed by atoms with Gasteiger partial charge in [0.15, 0.2) is 0 Å². The lowest BCUT2D eigenvalue weighted by Gasteiger charge is -2.24. The van der Waals surface area contributed by atoms with Crippen molar-refractivity contribution in [2.45, 2.75) is 31.0 Å². The molecule has 3 atom stereocenters. The maximum Gasteiger partial charge on any atom is 0.322 e. The summed E-state index contributed by atoms with van der Waals surface area (Å²) in [7, 11) is 0. The van der Waals surface area contributed by atoms with Crippen molar-refractivity contribution in [1.82, 2.24) is 20.9 Å². The second-order valence-electron chi connectivity index (χ2n) is 7.37. The molecule has 0 spiro atoms. The first-order chi connectivity index (χ1) is 15.8. The van der Waals surface area contributed by atoms with Gasteiger partial charge in [0.05, 0.1) is 6.04 Å². The molecule has 2 aromatic rings. The van der Waals surface area contributed by atoms with Gasteiger partial charge in [-0.3, -0.25) is 19.2 Å². The Hall–Kier alpha value is -2.70. The van der Waals surface area contributed by atoms with Gasteiger partial charge in [-0.25, -0.2) is 0 Å². The largest absolute Gasteiger partial charge is 0.480 e. The molecular formula is C21H29N5O5S2. The second kappa shape index (κ2) is 13.1. The minimum Gasteiger partial charge on any atom is -0.480 e. The topological polar surface area (TPSA) is 166 Å². The Morgan fingerprint density at radius 1 is 1.12 bits per heavy atom. The molecule has 12 heteroatoms. The summed E-state index contributed by atoms with van der Waals surface area (Å²) >= 11 is 5.51. The smallest absolute Gasteiger partial charge is 0.322 e. The van der Waals surface area contributed by atoms with Crippen LogP contribution in [0.1, 0.15) is 12.0 Å². The van der Waals surface area contributed by atoms with Crippen LogP contribution in [-0.4, -0.2) is 76.2 Å². The van der Waals surface area contributed by atoms with Crippen LogP contribution in [0.2, 0.25) is 0 Å². The maximum absolute atomic E-state index is 13.0. The average Bonchev–Trinajstić information content (AvgIpc) is 3.21. The van der Waals surface area contributed by atoms with Crippen molar-refractivity contribution in [1.29, 1.82) is 0 Å². The van der Waals surface area contributed by atoms with Crippen molar-refractivity contribution in [2.24, 2.45) is 5.73 Å². The van der Waals surface area contributed by atoms with Gasteiger partial charge in [0, 0.05) is 29.3 Å². The van der Waals surface area contributed by atoms with Crippen molar-refractivity contribution in [3.05, 3.63) is 36.0 Å². The van der Waals surface area contributed by atoms with E-state index in [1.54, 1.807) is 6.20 Å². The number of benzene rings is 1. The van der Waals surface area contributed by atoms with Crippen LogP contribution in [0.3, 0.4) is 0 Å². The first kappa shape index (κ1) is 26.6. The molecule has 180 valence electrons. The lowest BCUT2D eigenvalue weighted by Crippen LogP contribution is -2.56. The molecule has 10 nitrogen and oxygen atoms in total. The normalized spacial score (nSPS) is 13.7. The number of carbonyl (C=O) groups excluding carboxylic acids is 3. The summed E-state index contributed by atoms with van der Waals surface area (Å²) in [5, 5.41) is 17.4. The molecule has 0 saturated heterocycles. The number of thioether (sulfide) groups is 1. The van der Waals surface area contributed by atoms with Gasteiger partial charge in [0.2, 0.25) is 17.7 Å². The van der Waals surface area contributed by atoms with Crippen LogP contribution in [-0.2, 0) is 25.6 Å². The van der Waals surface area contributed by atoms with Crippen LogP contribution in [0.4, 0.5) is 0 Å². The molecule has 1 heterocycles. The number of H-pyrrole nitrogens is 1. The number of aromatic amines is 1. The molecule has 7 N–H and O–H groups in total. The van der Waals surface area contributed by atoms with Gasteiger partial charge in [-0.05, 0) is 30.1 Å². The van der Waals surface area contributed by atoms with E-state index < -0.39 is 48.4 Å². The van der Waals surface area contributed by atoms with Gasteiger partial charge in [-0.2, -0.15) is 24.4 Å². The van der Waals surface area contributed by atoms with Crippen LogP contribution in [0, 0.1) is 0 Å². The third-order valence-corrected chi connectivity index (χ3v) is 5.96. The quantitative estimate of drug-likeness (QED) is 0.190. The lowest BCUT2D eigenvalue weighted by atomic mass is 10.0. The van der Waals surface area contributed by atoms with Crippen LogP contribution in [0.25, 0.3) is 10.9 Å². The van der Waals surface area contributed by atoms with E-state index in [-0.39, 0.29) is 12.2 Å². The number of carboxylic acids is 1. The fraction of sp³-hybridized carbons (Fsp3) is 0.429. The highest BCUT2D eigenvalue weighted by Crippen LogP contribution is 2.19. The summed E-state index contributed by atoms with van der Waals surface area (Å²) in [4.78, 5) is 52.0. The van der Waals surface area contributed by atoms with Gasteiger partial charge in [-0.15, -0.1) is 0 Å². The van der Waals surface area contributed by atoms with Gasteiger partial charge >= 0.3 is 5.97 Å². The zero-order chi connectivity index (χ0) is 24.4. The Balaban J connectivity index is 2.22. The number of aliphatic carboxylic acids is 1. The standard InChI is InChI=1S/C21H29N5O5S2/c1-33-7-6-16(25-19(29)14(22)11-32)21(31)26-17(20(30)24-10-18(27)28)8-12-9-23-15-5-3-2-4-13(12)15/h2-5,9,14,16-17,23,32H,6-8,10-11,22H2,1H3,(H,24,30)(H,25,29)(H,26,31)(H,27,28). The number of thiol groups is 1. The van der Waals surface area contributed by atoms with E-state index in [1.165, 1.54) is 11.8 Å². The van der Waals surface area contributed by atoms with Crippen molar-refractivity contribution >= 4 is 59.0 Å². The zero-order valence-electron chi connectivity index (χ0n) is 18.2. The van der Waals surface area contributed by atoms with Crippen LogP contribution >= 0.6 is 24.4 Å². The Labute approximate surface area is 201 Å². The van der Waals surface area contributed by atoms with Crippen LogP contribution in [0.5, 0.6) is 0 Å². The van der Waals surface area contributed by atoms with E-state index in [0.717, 1.165) is 16.5 Å². The SMILES string of the molecule is CSCCC(NC(=O)C(N)CS)C(=O)NC(Cc1c[nH]c2ccccc12)C(=O)NCC(=O)O. The van der Waals surface area contributed by atoms with E-state index in [1.807, 2.05) is 30.5 Å². The highest BCUT2D eigenvalue weighted by atomic mass is 32.2. The number of amides is 3. The van der Waals surface area contributed by atoms with E-state index >= 15 is 0 Å². The number of hydrogen-bond acceptors (Lipinski definition) is 7. The Morgan fingerprint density at radius 3 is 2.48 bits per heavy atom. The molecule has 1 aromatic carbocycles. The number of para-hydroxylation sites is 1. The fourth-order valence-electron chi connectivity index (χ4n) is 3.15. The maximum atomic E-state index is 13.0. The van der Waals surface area contributed by atoms with Gasteiger partial charge in [0.1, 0.15) is 18.6 Å². The molecule has 2 rings (SSSR count). The fourth-order valence-corrected chi connectivity index (χ4v) is 3.79. The molecule has 0 radical (unpaired) electrons. The van der Waals surface area contributed by atoms with Crippen molar-refractivity contribution in [2.75, 3.05) is 24.3 Å². The first-order valence-electron chi connectivity index (χ1n) is 10.3. The summed E-state index contributed by atoms with van der Waals surface area (Å²) in [5.74, 6) is -2.21. The second-order valence-corrected chi connectivity index (χ2v) is 8.72. The number of hydrogen-bond donors (Lipinski definition) is 7. The molecule has 0 aliphatic heterocycles. The molecule has 0 aliphatic rings. The monoisotopic (exact) mass is 495 g/mol. The number of carboxylic acid groups (broad SMARTS) is 1. The number of fused-ring (bicyclic) bond motifs is 1. The van der Waals surface area contributed by atoms with E-state index in [4.69, 9.17) is 10.8 Å². The molecule has 3 unspecified atom stereocenters. The van der Waals surface area contributed by atoms with Crippen LogP contribution < -0.4 is 21.7 Å². The Bertz CT molecular complexity index is 983. The summed E-state index contributed by atoms with van der Waals surface area (Å²) in [5.41, 5.74) is 7.36. The lowest BCUT2D eigenvalue weighted by molar-refractivity contribution is -0.138. The van der Waals surface area contributed by atoms with Crippen LogP contribution in [0.15, 0.2) is 30.5 Å². The van der Waals surface area contributed by atoms with E-state index in [0.29, 0.717) is 12.2 Å². The molecular weight excluding hydrogens is 466 g/mol. The third-order valence-electron chi connectivity index (χ3n) is 4.92. The van der Waals surface area contributed by atoms with Crippen molar-refractivity contribution in [3.8, 4) is 0 Å². The number of rotatable bonds is 13. The molecule has 33 heavy (non-hydrogen) atoms. The summed E-state index contributed by atoms with van der Waals surface area (Å²) in [6.45, 7) is -0.581. The van der Waals surface area contributed by atoms with Gasteiger partial charge in [0.25, 0.3) is 0 Å². The minimum absolute atomic E-state index is 0.115. The number of carbonyl (C=O) groups is 4. The predicted octanol–water partition coefficient (Wildman–Crippen LogP) is -0.109. The van der Waals surface area contributed by atoms with E-state index in [9.17, 15) is 19.2 Å². The molecule has 3 amide bonds.